The maximum Gasteiger partial charge on any atom is 0.239 e. The molecule has 1 heterocycles. The molecule has 1 amide bonds. The zero-order valence-electron chi connectivity index (χ0n) is 10.4. The molecule has 2 rings (SSSR count). The molecule has 0 aromatic carbocycles. The van der Waals surface area contributed by atoms with Gasteiger partial charge in [0.2, 0.25) is 5.91 Å². The normalized spacial score (nSPS) is 28.6. The van der Waals surface area contributed by atoms with Crippen molar-refractivity contribution in [1.82, 2.24) is 9.80 Å². The second-order valence-corrected chi connectivity index (χ2v) is 5.28. The Bertz CT molecular complexity index is 265. The van der Waals surface area contributed by atoms with Crippen LogP contribution in [0.15, 0.2) is 0 Å². The number of carbonyl (C=O) groups is 1. The van der Waals surface area contributed by atoms with Crippen LogP contribution >= 0.6 is 0 Å². The van der Waals surface area contributed by atoms with Crippen molar-refractivity contribution in [2.75, 3.05) is 20.1 Å². The Labute approximate surface area is 97.8 Å². The van der Waals surface area contributed by atoms with Crippen LogP contribution in [0.4, 0.5) is 0 Å². The van der Waals surface area contributed by atoms with Gasteiger partial charge in [-0.1, -0.05) is 0 Å². The molecule has 2 unspecified atom stereocenters. The molecule has 0 spiro atoms. The third kappa shape index (κ3) is 2.55. The summed E-state index contributed by atoms with van der Waals surface area (Å²) in [7, 11) is 2.16. The van der Waals surface area contributed by atoms with Gasteiger partial charge in [0.05, 0.1) is 6.04 Å². The van der Waals surface area contributed by atoms with Crippen LogP contribution in [-0.2, 0) is 4.79 Å². The third-order valence-corrected chi connectivity index (χ3v) is 3.87. The summed E-state index contributed by atoms with van der Waals surface area (Å²) in [6.45, 7) is 3.92. The summed E-state index contributed by atoms with van der Waals surface area (Å²) in [5.74, 6) is 0.141. The molecule has 0 bridgehead atoms. The molecule has 0 radical (unpaired) electrons. The van der Waals surface area contributed by atoms with E-state index in [2.05, 4.69) is 18.9 Å². The maximum atomic E-state index is 11.9. The highest BCUT2D eigenvalue weighted by Crippen LogP contribution is 2.27. The number of hydrogen-bond acceptors (Lipinski definition) is 3. The van der Waals surface area contributed by atoms with Gasteiger partial charge in [-0.3, -0.25) is 9.69 Å². The van der Waals surface area contributed by atoms with E-state index in [4.69, 9.17) is 5.73 Å². The molecule has 4 heteroatoms. The van der Waals surface area contributed by atoms with Crippen molar-refractivity contribution in [1.29, 1.82) is 0 Å². The number of rotatable bonds is 4. The molecule has 2 fully saturated rings. The Balaban J connectivity index is 1.85. The second kappa shape index (κ2) is 4.72. The first kappa shape index (κ1) is 11.9. The van der Waals surface area contributed by atoms with Gasteiger partial charge in [-0.2, -0.15) is 0 Å². The zero-order valence-corrected chi connectivity index (χ0v) is 10.4. The van der Waals surface area contributed by atoms with Crippen molar-refractivity contribution in [2.24, 2.45) is 5.73 Å². The molecular weight excluding hydrogens is 202 g/mol. The number of likely N-dealkylation sites (N-methyl/N-ethyl adjacent to an activating group) is 1. The Morgan fingerprint density at radius 3 is 2.81 bits per heavy atom. The van der Waals surface area contributed by atoms with Gasteiger partial charge >= 0.3 is 0 Å². The summed E-state index contributed by atoms with van der Waals surface area (Å²) in [5, 5.41) is 0. The first-order chi connectivity index (χ1) is 7.59. The van der Waals surface area contributed by atoms with Crippen LogP contribution < -0.4 is 5.73 Å². The van der Waals surface area contributed by atoms with E-state index in [0.29, 0.717) is 6.04 Å². The highest BCUT2D eigenvalue weighted by molar-refractivity contribution is 5.82. The number of nitrogens with zero attached hydrogens (tertiary/aromatic N) is 2. The van der Waals surface area contributed by atoms with Crippen LogP contribution in [0.25, 0.3) is 0 Å². The van der Waals surface area contributed by atoms with Crippen LogP contribution in [-0.4, -0.2) is 54.0 Å². The van der Waals surface area contributed by atoms with E-state index < -0.39 is 0 Å². The van der Waals surface area contributed by atoms with E-state index in [-0.39, 0.29) is 11.9 Å². The molecule has 2 aliphatic rings. The van der Waals surface area contributed by atoms with Gasteiger partial charge in [0.1, 0.15) is 0 Å². The molecule has 0 aromatic heterocycles. The molecule has 1 saturated carbocycles. The molecule has 1 aliphatic heterocycles. The van der Waals surface area contributed by atoms with Gasteiger partial charge in [-0.05, 0) is 39.7 Å². The molecule has 92 valence electrons. The number of nitrogens with two attached hydrogens (primary N) is 1. The van der Waals surface area contributed by atoms with E-state index in [1.54, 1.807) is 0 Å². The average molecular weight is 225 g/mol. The largest absolute Gasteiger partial charge is 0.340 e. The Morgan fingerprint density at radius 1 is 1.50 bits per heavy atom. The lowest BCUT2D eigenvalue weighted by molar-refractivity contribution is -0.135. The fourth-order valence-electron chi connectivity index (χ4n) is 2.44. The van der Waals surface area contributed by atoms with Crippen molar-refractivity contribution in [3.63, 3.8) is 0 Å². The summed E-state index contributed by atoms with van der Waals surface area (Å²) in [6, 6.07) is 0.942. The van der Waals surface area contributed by atoms with Crippen LogP contribution in [0.2, 0.25) is 0 Å². The van der Waals surface area contributed by atoms with Crippen molar-refractivity contribution in [2.45, 2.75) is 50.7 Å². The molecule has 0 aromatic rings. The Hall–Kier alpha value is -0.610. The van der Waals surface area contributed by atoms with Gasteiger partial charge in [0, 0.05) is 25.2 Å². The number of carbonyl (C=O) groups excluding carboxylic acids is 1. The first-order valence-electron chi connectivity index (χ1n) is 6.36. The maximum absolute atomic E-state index is 11.9. The van der Waals surface area contributed by atoms with Crippen molar-refractivity contribution in [3.05, 3.63) is 0 Å². The van der Waals surface area contributed by atoms with E-state index in [0.717, 1.165) is 32.0 Å². The topological polar surface area (TPSA) is 49.6 Å². The molecule has 1 aliphatic carbocycles. The molecule has 4 nitrogen and oxygen atoms in total. The summed E-state index contributed by atoms with van der Waals surface area (Å²) in [6.07, 6.45) is 4.53. The Kier molecular flexibility index (Phi) is 3.50. The van der Waals surface area contributed by atoms with Gasteiger partial charge in [0.15, 0.2) is 0 Å². The molecule has 1 saturated heterocycles. The SMILES string of the molecule is CC(CN1CCCC(N)C1=O)N(C)C1CC1. The summed E-state index contributed by atoms with van der Waals surface area (Å²) in [4.78, 5) is 16.2. The fourth-order valence-corrected chi connectivity index (χ4v) is 2.44. The minimum absolute atomic E-state index is 0.141. The van der Waals surface area contributed by atoms with Gasteiger partial charge in [-0.15, -0.1) is 0 Å². The smallest absolute Gasteiger partial charge is 0.239 e. The summed E-state index contributed by atoms with van der Waals surface area (Å²) >= 11 is 0. The van der Waals surface area contributed by atoms with E-state index in [1.165, 1.54) is 12.8 Å². The quantitative estimate of drug-likeness (QED) is 0.754. The first-order valence-corrected chi connectivity index (χ1v) is 6.36. The zero-order chi connectivity index (χ0) is 11.7. The van der Waals surface area contributed by atoms with Gasteiger partial charge in [-0.25, -0.2) is 0 Å². The van der Waals surface area contributed by atoms with Crippen LogP contribution in [0.5, 0.6) is 0 Å². The predicted molar refractivity (Wildman–Crippen MR) is 64.0 cm³/mol. The van der Waals surface area contributed by atoms with Crippen LogP contribution in [0.3, 0.4) is 0 Å². The average Bonchev–Trinajstić information content (AvgIpc) is 3.07. The molecular formula is C12H23N3O. The fraction of sp³-hybridized carbons (Fsp3) is 0.917. The summed E-state index contributed by atoms with van der Waals surface area (Å²) in [5.41, 5.74) is 5.79. The lowest BCUT2D eigenvalue weighted by Crippen LogP contribution is -2.52. The molecule has 2 atom stereocenters. The van der Waals surface area contributed by atoms with Gasteiger partial charge < -0.3 is 10.6 Å². The number of likely N-dealkylation sites (tertiary alicyclic amines) is 1. The van der Waals surface area contributed by atoms with Crippen molar-refractivity contribution < 1.29 is 4.79 Å². The monoisotopic (exact) mass is 225 g/mol. The second-order valence-electron chi connectivity index (χ2n) is 5.28. The number of piperidine rings is 1. The number of amides is 1. The highest BCUT2D eigenvalue weighted by Gasteiger charge is 2.32. The lowest BCUT2D eigenvalue weighted by atomic mass is 10.1. The van der Waals surface area contributed by atoms with Gasteiger partial charge in [0.25, 0.3) is 0 Å². The van der Waals surface area contributed by atoms with Crippen molar-refractivity contribution >= 4 is 5.91 Å². The summed E-state index contributed by atoms with van der Waals surface area (Å²) < 4.78 is 0. The van der Waals surface area contributed by atoms with Crippen LogP contribution in [0.1, 0.15) is 32.6 Å². The third-order valence-electron chi connectivity index (χ3n) is 3.87. The lowest BCUT2D eigenvalue weighted by Gasteiger charge is -2.35. The van der Waals surface area contributed by atoms with E-state index in [1.807, 2.05) is 4.90 Å². The molecule has 2 N–H and O–H groups in total. The minimum atomic E-state index is -0.257. The van der Waals surface area contributed by atoms with E-state index >= 15 is 0 Å². The van der Waals surface area contributed by atoms with Crippen LogP contribution in [0, 0.1) is 0 Å². The van der Waals surface area contributed by atoms with Crippen molar-refractivity contribution in [3.8, 4) is 0 Å². The standard InChI is InChI=1S/C12H23N3O/c1-9(14(2)10-5-6-10)8-15-7-3-4-11(13)12(15)16/h9-11H,3-8,13H2,1-2H3. The molecule has 16 heavy (non-hydrogen) atoms. The minimum Gasteiger partial charge on any atom is -0.340 e. The van der Waals surface area contributed by atoms with E-state index in [9.17, 15) is 4.79 Å². The highest BCUT2D eigenvalue weighted by atomic mass is 16.2. The predicted octanol–water partition coefficient (Wildman–Crippen LogP) is 0.419. The Morgan fingerprint density at radius 2 is 2.19 bits per heavy atom. The number of hydrogen-bond donors (Lipinski definition) is 1.